The van der Waals surface area contributed by atoms with Gasteiger partial charge in [0.25, 0.3) is 0 Å². The average Bonchev–Trinajstić information content (AvgIpc) is 2.77. The van der Waals surface area contributed by atoms with Crippen LogP contribution in [-0.4, -0.2) is 45.4 Å². The minimum Gasteiger partial charge on any atom is -0.458 e. The molecule has 0 amide bonds. The van der Waals surface area contributed by atoms with Crippen LogP contribution in [0, 0.1) is 10.1 Å². The molecule has 1 aromatic heterocycles. The Hall–Kier alpha value is -2.16. The van der Waals surface area contributed by atoms with Crippen molar-refractivity contribution in [2.24, 2.45) is 0 Å². The van der Waals surface area contributed by atoms with Crippen LogP contribution in [0.3, 0.4) is 0 Å². The van der Waals surface area contributed by atoms with Crippen LogP contribution in [0.1, 0.15) is 20.8 Å². The van der Waals surface area contributed by atoms with Gasteiger partial charge in [0.2, 0.25) is 0 Å². The first-order valence-electron chi connectivity index (χ1n) is 6.42. The Bertz CT molecular complexity index is 548. The molecule has 1 unspecified atom stereocenters. The fourth-order valence-corrected chi connectivity index (χ4v) is 1.82. The zero-order valence-corrected chi connectivity index (χ0v) is 12.1. The molecule has 2 heterocycles. The predicted octanol–water partition coefficient (Wildman–Crippen LogP) is 0.911. The van der Waals surface area contributed by atoms with Gasteiger partial charge in [0, 0.05) is 4.98 Å². The Morgan fingerprint density at radius 3 is 2.95 bits per heavy atom. The van der Waals surface area contributed by atoms with Gasteiger partial charge in [-0.05, 0) is 25.7 Å². The second-order valence-corrected chi connectivity index (χ2v) is 5.62. The van der Waals surface area contributed by atoms with E-state index in [1.807, 2.05) is 0 Å². The average molecular weight is 299 g/mol. The molecule has 0 aromatic carbocycles. The van der Waals surface area contributed by atoms with E-state index in [4.69, 9.17) is 14.2 Å². The molecule has 0 bridgehead atoms. The maximum Gasteiger partial charge on any atom is 0.414 e. The molecule has 1 aliphatic rings. The molecule has 2 rings (SSSR count). The minimum absolute atomic E-state index is 0.178. The van der Waals surface area contributed by atoms with Crippen molar-refractivity contribution in [1.82, 2.24) is 9.55 Å². The molecule has 1 aromatic rings. The van der Waals surface area contributed by atoms with Gasteiger partial charge in [0.1, 0.15) is 31.1 Å². The van der Waals surface area contributed by atoms with E-state index in [-0.39, 0.29) is 31.1 Å². The van der Waals surface area contributed by atoms with Gasteiger partial charge >= 0.3 is 17.8 Å². The number of imidazole rings is 1. The van der Waals surface area contributed by atoms with Crippen LogP contribution in [-0.2, 0) is 20.8 Å². The number of ether oxygens (including phenoxy) is 3. The van der Waals surface area contributed by atoms with E-state index in [9.17, 15) is 14.9 Å². The van der Waals surface area contributed by atoms with E-state index < -0.39 is 16.5 Å². The summed E-state index contributed by atoms with van der Waals surface area (Å²) in [6.45, 7) is 5.62. The third kappa shape index (κ3) is 4.15. The van der Waals surface area contributed by atoms with Crippen LogP contribution in [0.25, 0.3) is 0 Å². The zero-order chi connectivity index (χ0) is 15.6. The molecule has 0 N–H and O–H groups in total. The quantitative estimate of drug-likeness (QED) is 0.462. The molecule has 0 saturated carbocycles. The van der Waals surface area contributed by atoms with Gasteiger partial charge in [0.05, 0.1) is 6.54 Å². The summed E-state index contributed by atoms with van der Waals surface area (Å²) < 4.78 is 17.3. The minimum atomic E-state index is -0.592. The molecule has 0 fully saturated rings. The Morgan fingerprint density at radius 2 is 2.33 bits per heavy atom. The number of hydrogen-bond acceptors (Lipinski definition) is 7. The molecule has 21 heavy (non-hydrogen) atoms. The summed E-state index contributed by atoms with van der Waals surface area (Å²) in [4.78, 5) is 25.3. The highest BCUT2D eigenvalue weighted by Crippen LogP contribution is 2.22. The Labute approximate surface area is 121 Å². The third-order valence-electron chi connectivity index (χ3n) is 2.57. The molecule has 1 atom stereocenters. The second-order valence-electron chi connectivity index (χ2n) is 5.62. The van der Waals surface area contributed by atoms with Gasteiger partial charge in [0.15, 0.2) is 0 Å². The molecular formula is C12H17N3O6. The summed E-state index contributed by atoms with van der Waals surface area (Å²) in [6.07, 6.45) is 0.886. The van der Waals surface area contributed by atoms with E-state index in [0.29, 0.717) is 6.54 Å². The number of nitro groups is 1. The predicted molar refractivity (Wildman–Crippen MR) is 70.0 cm³/mol. The van der Waals surface area contributed by atoms with Crippen molar-refractivity contribution < 1.29 is 23.9 Å². The maximum absolute atomic E-state index is 11.5. The number of fused-ring (bicyclic) bond motifs is 1. The van der Waals surface area contributed by atoms with Gasteiger partial charge in [-0.3, -0.25) is 4.57 Å². The number of nitrogens with zero attached hydrogens (tertiary/aromatic N) is 3. The van der Waals surface area contributed by atoms with Crippen LogP contribution < -0.4 is 4.74 Å². The number of carbonyl (C=O) groups is 1. The first kappa shape index (κ1) is 15.2. The smallest absolute Gasteiger partial charge is 0.414 e. The monoisotopic (exact) mass is 299 g/mol. The summed E-state index contributed by atoms with van der Waals surface area (Å²) in [5, 5.41) is 10.6. The van der Waals surface area contributed by atoms with Gasteiger partial charge in [-0.25, -0.2) is 4.79 Å². The van der Waals surface area contributed by atoms with Gasteiger partial charge in [-0.2, -0.15) is 0 Å². The van der Waals surface area contributed by atoms with Crippen molar-refractivity contribution in [3.63, 3.8) is 0 Å². The zero-order valence-electron chi connectivity index (χ0n) is 12.1. The van der Waals surface area contributed by atoms with Crippen LogP contribution in [0.5, 0.6) is 6.01 Å². The topological polar surface area (TPSA) is 106 Å². The van der Waals surface area contributed by atoms with E-state index >= 15 is 0 Å². The molecule has 9 heteroatoms. The lowest BCUT2D eigenvalue weighted by atomic mass is 10.2. The molecule has 9 nitrogen and oxygen atoms in total. The van der Waals surface area contributed by atoms with Crippen molar-refractivity contribution in [3.05, 3.63) is 16.3 Å². The van der Waals surface area contributed by atoms with Crippen molar-refractivity contribution in [2.45, 2.75) is 39.0 Å². The SMILES string of the molecule is CC(C)(C)OC(=O)COC1COc2nc([N+](=O)[O-])cn2C1. The molecule has 1 aliphatic heterocycles. The normalized spacial score (nSPS) is 17.8. The van der Waals surface area contributed by atoms with Crippen LogP contribution in [0.2, 0.25) is 0 Å². The van der Waals surface area contributed by atoms with Crippen molar-refractivity contribution in [1.29, 1.82) is 0 Å². The number of esters is 1. The lowest BCUT2D eigenvalue weighted by Gasteiger charge is -2.23. The summed E-state index contributed by atoms with van der Waals surface area (Å²) in [6, 6.07) is 0.179. The van der Waals surface area contributed by atoms with Crippen LogP contribution in [0.4, 0.5) is 5.82 Å². The van der Waals surface area contributed by atoms with Crippen LogP contribution in [0.15, 0.2) is 6.20 Å². The highest BCUT2D eigenvalue weighted by atomic mass is 16.6. The van der Waals surface area contributed by atoms with E-state index in [0.717, 1.165) is 0 Å². The lowest BCUT2D eigenvalue weighted by molar-refractivity contribution is -0.389. The standard InChI is InChI=1S/C12H17N3O6/c1-12(2,3)21-10(16)7-19-8-4-14-5-9(15(17)18)13-11(14)20-6-8/h5,8H,4,6-7H2,1-3H3. The van der Waals surface area contributed by atoms with Crippen molar-refractivity contribution in [2.75, 3.05) is 13.2 Å². The Balaban J connectivity index is 1.87. The molecule has 0 radical (unpaired) electrons. The maximum atomic E-state index is 11.5. The lowest BCUT2D eigenvalue weighted by Crippen LogP contribution is -2.35. The second kappa shape index (κ2) is 5.68. The molecular weight excluding hydrogens is 282 g/mol. The summed E-state index contributed by atoms with van der Waals surface area (Å²) in [5.41, 5.74) is -0.568. The molecule has 0 saturated heterocycles. The number of carbonyl (C=O) groups excluding carboxylic acids is 1. The third-order valence-corrected chi connectivity index (χ3v) is 2.57. The van der Waals surface area contributed by atoms with E-state index in [1.165, 1.54) is 10.8 Å². The number of hydrogen-bond donors (Lipinski definition) is 0. The number of aromatic nitrogens is 2. The Morgan fingerprint density at radius 1 is 1.62 bits per heavy atom. The highest BCUT2D eigenvalue weighted by Gasteiger charge is 2.29. The highest BCUT2D eigenvalue weighted by molar-refractivity contribution is 5.71. The fraction of sp³-hybridized carbons (Fsp3) is 0.667. The first-order chi connectivity index (χ1) is 9.74. The van der Waals surface area contributed by atoms with Gasteiger partial charge in [-0.15, -0.1) is 0 Å². The largest absolute Gasteiger partial charge is 0.458 e. The molecule has 0 aliphatic carbocycles. The summed E-state index contributed by atoms with van der Waals surface area (Å²) in [7, 11) is 0. The van der Waals surface area contributed by atoms with E-state index in [1.54, 1.807) is 20.8 Å². The molecule has 0 spiro atoms. The first-order valence-corrected chi connectivity index (χ1v) is 6.42. The summed E-state index contributed by atoms with van der Waals surface area (Å²) >= 11 is 0. The molecule has 116 valence electrons. The fourth-order valence-electron chi connectivity index (χ4n) is 1.82. The van der Waals surface area contributed by atoms with Crippen molar-refractivity contribution in [3.8, 4) is 6.01 Å². The Kier molecular flexibility index (Phi) is 4.12. The van der Waals surface area contributed by atoms with Gasteiger partial charge < -0.3 is 24.3 Å². The van der Waals surface area contributed by atoms with Crippen molar-refractivity contribution >= 4 is 11.8 Å². The number of rotatable bonds is 4. The van der Waals surface area contributed by atoms with Crippen LogP contribution >= 0.6 is 0 Å². The van der Waals surface area contributed by atoms with Gasteiger partial charge in [-0.1, -0.05) is 0 Å². The van der Waals surface area contributed by atoms with E-state index in [2.05, 4.69) is 4.98 Å². The summed E-state index contributed by atoms with van der Waals surface area (Å²) in [5.74, 6) is -0.747.